The maximum atomic E-state index is 12.2. The molecule has 1 aliphatic heterocycles. The second kappa shape index (κ2) is 5.74. The van der Waals surface area contributed by atoms with E-state index in [0.29, 0.717) is 5.56 Å². The smallest absolute Gasteiger partial charge is 0.326 e. The maximum Gasteiger partial charge on any atom is 0.326 e. The van der Waals surface area contributed by atoms with Gasteiger partial charge in [-0.3, -0.25) is 9.69 Å². The number of amides is 1. The van der Waals surface area contributed by atoms with Crippen LogP contribution < -0.4 is 0 Å². The SMILES string of the molecule is C[C@H](C(=O)O)N1C(=O)/C(=C\c2ccc(O)cc2O)SC1=S. The number of hydrogen-bond donors (Lipinski definition) is 3. The number of nitrogens with zero attached hydrogens (tertiary/aromatic N) is 1. The highest BCUT2D eigenvalue weighted by Crippen LogP contribution is 2.35. The molecule has 1 amide bonds. The van der Waals surface area contributed by atoms with Crippen molar-refractivity contribution in [3.63, 3.8) is 0 Å². The zero-order chi connectivity index (χ0) is 15.7. The molecule has 110 valence electrons. The average Bonchev–Trinajstić information content (AvgIpc) is 2.67. The Morgan fingerprint density at radius 1 is 1.43 bits per heavy atom. The molecule has 0 spiro atoms. The van der Waals surface area contributed by atoms with Crippen LogP contribution in [0, 0.1) is 0 Å². The highest BCUT2D eigenvalue weighted by atomic mass is 32.2. The van der Waals surface area contributed by atoms with Gasteiger partial charge in [0.05, 0.1) is 4.91 Å². The Bertz CT molecular complexity index is 671. The number of aromatic hydroxyl groups is 2. The van der Waals surface area contributed by atoms with Crippen LogP contribution in [0.5, 0.6) is 11.5 Å². The minimum absolute atomic E-state index is 0.100. The van der Waals surface area contributed by atoms with Crippen LogP contribution in [0.2, 0.25) is 0 Å². The number of carbonyl (C=O) groups is 2. The first-order valence-electron chi connectivity index (χ1n) is 5.83. The van der Waals surface area contributed by atoms with Gasteiger partial charge in [0, 0.05) is 11.6 Å². The largest absolute Gasteiger partial charge is 0.508 e. The number of carboxylic acids is 1. The molecule has 1 aliphatic rings. The topological polar surface area (TPSA) is 98.1 Å². The lowest BCUT2D eigenvalue weighted by Crippen LogP contribution is -2.41. The highest BCUT2D eigenvalue weighted by Gasteiger charge is 2.38. The molecule has 1 atom stereocenters. The normalized spacial score (nSPS) is 18.3. The van der Waals surface area contributed by atoms with Crippen LogP contribution in [-0.2, 0) is 9.59 Å². The summed E-state index contributed by atoms with van der Waals surface area (Å²) in [5.41, 5.74) is 0.330. The molecule has 1 heterocycles. The summed E-state index contributed by atoms with van der Waals surface area (Å²) < 4.78 is 0.152. The zero-order valence-electron chi connectivity index (χ0n) is 10.8. The van der Waals surface area contributed by atoms with E-state index >= 15 is 0 Å². The van der Waals surface area contributed by atoms with Crippen molar-refractivity contribution in [2.45, 2.75) is 13.0 Å². The summed E-state index contributed by atoms with van der Waals surface area (Å²) in [6, 6.07) is 2.90. The maximum absolute atomic E-state index is 12.2. The van der Waals surface area contributed by atoms with E-state index in [0.717, 1.165) is 22.7 Å². The van der Waals surface area contributed by atoms with Crippen molar-refractivity contribution in [2.75, 3.05) is 0 Å². The Labute approximate surface area is 129 Å². The van der Waals surface area contributed by atoms with Gasteiger partial charge in [-0.15, -0.1) is 0 Å². The van der Waals surface area contributed by atoms with Crippen LogP contribution in [-0.4, -0.2) is 42.5 Å². The van der Waals surface area contributed by atoms with Crippen LogP contribution in [0.15, 0.2) is 23.1 Å². The summed E-state index contributed by atoms with van der Waals surface area (Å²) >= 11 is 5.99. The number of carboxylic acid groups (broad SMARTS) is 1. The van der Waals surface area contributed by atoms with E-state index in [-0.39, 0.29) is 20.7 Å². The summed E-state index contributed by atoms with van der Waals surface area (Å²) in [7, 11) is 0. The van der Waals surface area contributed by atoms with Gasteiger partial charge < -0.3 is 15.3 Å². The number of aliphatic carboxylic acids is 1. The van der Waals surface area contributed by atoms with Gasteiger partial charge in [-0.2, -0.15) is 0 Å². The molecule has 1 aromatic rings. The van der Waals surface area contributed by atoms with Crippen molar-refractivity contribution in [3.05, 3.63) is 28.7 Å². The molecule has 1 aromatic carbocycles. The van der Waals surface area contributed by atoms with Crippen LogP contribution in [0.4, 0.5) is 0 Å². The first kappa shape index (κ1) is 15.3. The van der Waals surface area contributed by atoms with Crippen molar-refractivity contribution in [1.82, 2.24) is 4.90 Å². The van der Waals surface area contributed by atoms with Crippen molar-refractivity contribution in [3.8, 4) is 11.5 Å². The molecular formula is C13H11NO5S2. The number of phenols is 2. The van der Waals surface area contributed by atoms with Gasteiger partial charge in [0.15, 0.2) is 0 Å². The fourth-order valence-electron chi connectivity index (χ4n) is 1.72. The molecule has 1 saturated heterocycles. The minimum atomic E-state index is -1.15. The molecular weight excluding hydrogens is 314 g/mol. The minimum Gasteiger partial charge on any atom is -0.508 e. The fraction of sp³-hybridized carbons (Fsp3) is 0.154. The number of thioether (sulfide) groups is 1. The molecule has 0 bridgehead atoms. The van der Waals surface area contributed by atoms with Gasteiger partial charge in [0.2, 0.25) is 0 Å². The number of carbonyl (C=O) groups excluding carboxylic acids is 1. The molecule has 0 aromatic heterocycles. The third-order valence-electron chi connectivity index (χ3n) is 2.87. The molecule has 8 heteroatoms. The zero-order valence-corrected chi connectivity index (χ0v) is 12.4. The number of hydrogen-bond acceptors (Lipinski definition) is 6. The quantitative estimate of drug-likeness (QED) is 0.575. The predicted octanol–water partition coefficient (Wildman–Crippen LogP) is 1.77. The van der Waals surface area contributed by atoms with Crippen molar-refractivity contribution in [1.29, 1.82) is 0 Å². The predicted molar refractivity (Wildman–Crippen MR) is 81.9 cm³/mol. The van der Waals surface area contributed by atoms with Gasteiger partial charge in [-0.25, -0.2) is 4.79 Å². The molecule has 3 N–H and O–H groups in total. The van der Waals surface area contributed by atoms with Gasteiger partial charge in [-0.1, -0.05) is 24.0 Å². The van der Waals surface area contributed by atoms with E-state index in [2.05, 4.69) is 0 Å². The van der Waals surface area contributed by atoms with Crippen LogP contribution in [0.25, 0.3) is 6.08 Å². The number of thiocarbonyl (C=S) groups is 1. The molecule has 0 radical (unpaired) electrons. The van der Waals surface area contributed by atoms with E-state index < -0.39 is 17.9 Å². The molecule has 0 aliphatic carbocycles. The van der Waals surface area contributed by atoms with Crippen molar-refractivity contribution < 1.29 is 24.9 Å². The number of rotatable bonds is 3. The third-order valence-corrected chi connectivity index (χ3v) is 4.20. The number of phenolic OH excluding ortho intramolecular Hbond substituents is 2. The Kier molecular flexibility index (Phi) is 4.19. The summed E-state index contributed by atoms with van der Waals surface area (Å²) in [4.78, 5) is 24.4. The first-order chi connectivity index (χ1) is 9.81. The summed E-state index contributed by atoms with van der Waals surface area (Å²) in [5.74, 6) is -1.96. The van der Waals surface area contributed by atoms with Crippen LogP contribution in [0.3, 0.4) is 0 Å². The standard InChI is InChI=1S/C13H11NO5S2/c1-6(12(18)19)14-11(17)10(21-13(14)20)4-7-2-3-8(15)5-9(7)16/h2-6,15-16H,1H3,(H,18,19)/b10-4+/t6-/m1/s1. The summed E-state index contributed by atoms with van der Waals surface area (Å²) in [5, 5.41) is 27.9. The van der Waals surface area contributed by atoms with E-state index in [1.165, 1.54) is 25.1 Å². The molecule has 6 nitrogen and oxygen atoms in total. The fourth-order valence-corrected chi connectivity index (χ4v) is 3.13. The lowest BCUT2D eigenvalue weighted by molar-refractivity contribution is -0.144. The molecule has 2 rings (SSSR count). The Balaban J connectivity index is 2.34. The van der Waals surface area contributed by atoms with Crippen LogP contribution in [0.1, 0.15) is 12.5 Å². The lowest BCUT2D eigenvalue weighted by atomic mass is 10.1. The van der Waals surface area contributed by atoms with Crippen LogP contribution >= 0.6 is 24.0 Å². The Morgan fingerprint density at radius 3 is 2.67 bits per heavy atom. The second-order valence-electron chi connectivity index (χ2n) is 4.31. The summed E-state index contributed by atoms with van der Waals surface area (Å²) in [6.45, 7) is 1.37. The first-order valence-corrected chi connectivity index (χ1v) is 7.05. The molecule has 21 heavy (non-hydrogen) atoms. The molecule has 0 unspecified atom stereocenters. The van der Waals surface area contributed by atoms with Crippen molar-refractivity contribution in [2.24, 2.45) is 0 Å². The molecule has 0 saturated carbocycles. The second-order valence-corrected chi connectivity index (χ2v) is 5.98. The molecule has 1 fully saturated rings. The van der Waals surface area contributed by atoms with Gasteiger partial charge in [0.25, 0.3) is 5.91 Å². The Morgan fingerprint density at radius 2 is 2.10 bits per heavy atom. The number of benzene rings is 1. The third kappa shape index (κ3) is 3.01. The van der Waals surface area contributed by atoms with Gasteiger partial charge >= 0.3 is 5.97 Å². The monoisotopic (exact) mass is 325 g/mol. The van der Waals surface area contributed by atoms with E-state index in [4.69, 9.17) is 17.3 Å². The van der Waals surface area contributed by atoms with Gasteiger partial charge in [0.1, 0.15) is 21.9 Å². The van der Waals surface area contributed by atoms with Gasteiger partial charge in [-0.05, 0) is 25.1 Å². The van der Waals surface area contributed by atoms with E-state index in [9.17, 15) is 19.8 Å². The van der Waals surface area contributed by atoms with Crippen molar-refractivity contribution >= 4 is 46.3 Å². The van der Waals surface area contributed by atoms with E-state index in [1.807, 2.05) is 0 Å². The summed E-state index contributed by atoms with van der Waals surface area (Å²) in [6.07, 6.45) is 1.41. The Hall–Kier alpha value is -2.06. The highest BCUT2D eigenvalue weighted by molar-refractivity contribution is 8.26. The average molecular weight is 325 g/mol. The van der Waals surface area contributed by atoms with E-state index in [1.54, 1.807) is 0 Å². The lowest BCUT2D eigenvalue weighted by Gasteiger charge is -2.18.